The average Bonchev–Trinajstić information content (AvgIpc) is 3.30. The second kappa shape index (κ2) is 6.50. The van der Waals surface area contributed by atoms with Crippen LogP contribution in [0.2, 0.25) is 5.02 Å². The maximum atomic E-state index is 12.5. The van der Waals surface area contributed by atoms with E-state index >= 15 is 0 Å². The van der Waals surface area contributed by atoms with Crippen molar-refractivity contribution in [1.29, 1.82) is 0 Å². The first-order valence-corrected chi connectivity index (χ1v) is 9.13. The minimum Gasteiger partial charge on any atom is -0.456 e. The molecule has 7 heteroatoms. The molecule has 6 nitrogen and oxygen atoms in total. The molecule has 4 rings (SSSR count). The number of amides is 2. The van der Waals surface area contributed by atoms with Crippen molar-refractivity contribution < 1.29 is 23.9 Å². The molecule has 3 aliphatic rings. The maximum absolute atomic E-state index is 12.5. The second-order valence-corrected chi connectivity index (χ2v) is 7.67. The molecule has 1 saturated heterocycles. The Labute approximate surface area is 155 Å². The first-order valence-electron chi connectivity index (χ1n) is 8.75. The third kappa shape index (κ3) is 2.82. The van der Waals surface area contributed by atoms with Gasteiger partial charge in [-0.1, -0.05) is 11.6 Å². The van der Waals surface area contributed by atoms with Crippen molar-refractivity contribution in [1.82, 2.24) is 4.90 Å². The summed E-state index contributed by atoms with van der Waals surface area (Å²) in [4.78, 5) is 50.1. The van der Waals surface area contributed by atoms with Crippen LogP contribution in [0.3, 0.4) is 0 Å². The molecule has 2 aliphatic carbocycles. The fourth-order valence-electron chi connectivity index (χ4n) is 4.67. The maximum Gasteiger partial charge on any atom is 0.326 e. The molecule has 3 fully saturated rings. The van der Waals surface area contributed by atoms with Gasteiger partial charge in [-0.3, -0.25) is 24.1 Å². The average molecular weight is 376 g/mol. The number of esters is 1. The Balaban J connectivity index is 1.34. The fourth-order valence-corrected chi connectivity index (χ4v) is 4.79. The van der Waals surface area contributed by atoms with Gasteiger partial charge >= 0.3 is 5.97 Å². The van der Waals surface area contributed by atoms with Gasteiger partial charge in [0, 0.05) is 10.6 Å². The molecule has 2 bridgehead atoms. The topological polar surface area (TPSA) is 80.8 Å². The van der Waals surface area contributed by atoms with Gasteiger partial charge in [0.15, 0.2) is 12.4 Å². The molecular formula is C19H18ClNO5. The summed E-state index contributed by atoms with van der Waals surface area (Å²) < 4.78 is 4.97. The predicted molar refractivity (Wildman–Crippen MR) is 91.3 cm³/mol. The number of fused-ring (bicyclic) bond motifs is 5. The van der Waals surface area contributed by atoms with Crippen LogP contribution in [0, 0.1) is 23.7 Å². The van der Waals surface area contributed by atoms with Gasteiger partial charge in [0.1, 0.15) is 6.54 Å². The first kappa shape index (κ1) is 17.2. The molecule has 1 aromatic rings. The molecule has 1 aromatic carbocycles. The molecule has 0 aromatic heterocycles. The van der Waals surface area contributed by atoms with Gasteiger partial charge < -0.3 is 4.74 Å². The van der Waals surface area contributed by atoms with Gasteiger partial charge in [0.2, 0.25) is 11.8 Å². The number of hydrogen-bond donors (Lipinski definition) is 0. The Morgan fingerprint density at radius 2 is 1.62 bits per heavy atom. The molecule has 1 aliphatic heterocycles. The summed E-state index contributed by atoms with van der Waals surface area (Å²) >= 11 is 5.77. The van der Waals surface area contributed by atoms with E-state index in [1.807, 2.05) is 0 Å². The van der Waals surface area contributed by atoms with Gasteiger partial charge in [-0.25, -0.2) is 0 Å². The zero-order valence-corrected chi connectivity index (χ0v) is 14.8. The largest absolute Gasteiger partial charge is 0.456 e. The lowest BCUT2D eigenvalue weighted by molar-refractivity contribution is -0.152. The SMILES string of the molecule is O=C(CN1C(=O)C2C3CCC(C3)C2C1=O)OCC(=O)c1ccc(Cl)cc1. The van der Waals surface area contributed by atoms with Crippen molar-refractivity contribution in [3.63, 3.8) is 0 Å². The Bertz CT molecular complexity index is 762. The van der Waals surface area contributed by atoms with Crippen LogP contribution in [-0.2, 0) is 19.1 Å². The summed E-state index contributed by atoms with van der Waals surface area (Å²) in [5.74, 6) is -1.61. The highest BCUT2D eigenvalue weighted by Gasteiger charge is 2.61. The molecule has 2 amide bonds. The Morgan fingerprint density at radius 1 is 1.04 bits per heavy atom. The number of benzene rings is 1. The van der Waals surface area contributed by atoms with Crippen LogP contribution in [0.15, 0.2) is 24.3 Å². The Hall–Kier alpha value is -2.21. The van der Waals surface area contributed by atoms with Crippen LogP contribution in [0.5, 0.6) is 0 Å². The van der Waals surface area contributed by atoms with E-state index in [4.69, 9.17) is 16.3 Å². The third-order valence-electron chi connectivity index (χ3n) is 5.84. The number of carbonyl (C=O) groups is 4. The molecule has 1 heterocycles. The number of ketones is 1. The molecule has 4 atom stereocenters. The highest BCUT2D eigenvalue weighted by molar-refractivity contribution is 6.30. The van der Waals surface area contributed by atoms with Gasteiger partial charge in [-0.2, -0.15) is 0 Å². The molecule has 0 spiro atoms. The van der Waals surface area contributed by atoms with Crippen LogP contribution < -0.4 is 0 Å². The van der Waals surface area contributed by atoms with Crippen molar-refractivity contribution in [2.75, 3.05) is 13.2 Å². The number of halogens is 1. The van der Waals surface area contributed by atoms with E-state index in [1.165, 1.54) is 0 Å². The summed E-state index contributed by atoms with van der Waals surface area (Å²) in [5.41, 5.74) is 0.377. The van der Waals surface area contributed by atoms with Crippen molar-refractivity contribution in [2.45, 2.75) is 19.3 Å². The molecule has 0 radical (unpaired) electrons. The van der Waals surface area contributed by atoms with Gasteiger partial charge in [-0.05, 0) is 55.4 Å². The highest BCUT2D eigenvalue weighted by atomic mass is 35.5. The van der Waals surface area contributed by atoms with Crippen LogP contribution in [0.25, 0.3) is 0 Å². The second-order valence-electron chi connectivity index (χ2n) is 7.24. The lowest BCUT2D eigenvalue weighted by Crippen LogP contribution is -2.38. The number of likely N-dealkylation sites (tertiary alicyclic amines) is 1. The Morgan fingerprint density at radius 3 is 2.19 bits per heavy atom. The predicted octanol–water partition coefficient (Wildman–Crippen LogP) is 2.10. The molecule has 0 N–H and O–H groups in total. The zero-order chi connectivity index (χ0) is 18.4. The number of hydrogen-bond acceptors (Lipinski definition) is 5. The summed E-state index contributed by atoms with van der Waals surface area (Å²) in [5, 5.41) is 0.504. The van der Waals surface area contributed by atoms with E-state index in [9.17, 15) is 19.2 Å². The van der Waals surface area contributed by atoms with Crippen molar-refractivity contribution in [3.05, 3.63) is 34.9 Å². The van der Waals surface area contributed by atoms with E-state index in [2.05, 4.69) is 0 Å². The number of carbonyl (C=O) groups excluding carboxylic acids is 4. The van der Waals surface area contributed by atoms with Crippen LogP contribution in [0.4, 0.5) is 0 Å². The van der Waals surface area contributed by atoms with E-state index in [1.54, 1.807) is 24.3 Å². The summed E-state index contributed by atoms with van der Waals surface area (Å²) in [6, 6.07) is 6.24. The van der Waals surface area contributed by atoms with Crippen LogP contribution in [-0.4, -0.2) is 41.6 Å². The highest BCUT2D eigenvalue weighted by Crippen LogP contribution is 2.56. The van der Waals surface area contributed by atoms with Crippen LogP contribution >= 0.6 is 11.6 Å². The molecule has 26 heavy (non-hydrogen) atoms. The summed E-state index contributed by atoms with van der Waals surface area (Å²) in [6.07, 6.45) is 2.91. The molecule has 2 saturated carbocycles. The van der Waals surface area contributed by atoms with E-state index in [0.29, 0.717) is 10.6 Å². The van der Waals surface area contributed by atoms with Crippen LogP contribution in [0.1, 0.15) is 29.6 Å². The number of nitrogens with zero attached hydrogens (tertiary/aromatic N) is 1. The number of imide groups is 1. The summed E-state index contributed by atoms with van der Waals surface area (Å²) in [7, 11) is 0. The fraction of sp³-hybridized carbons (Fsp3) is 0.474. The Kier molecular flexibility index (Phi) is 4.31. The monoisotopic (exact) mass is 375 g/mol. The summed E-state index contributed by atoms with van der Waals surface area (Å²) in [6.45, 7) is -0.854. The first-order chi connectivity index (χ1) is 12.5. The lowest BCUT2D eigenvalue weighted by atomic mass is 9.81. The van der Waals surface area contributed by atoms with Gasteiger partial charge in [-0.15, -0.1) is 0 Å². The van der Waals surface area contributed by atoms with E-state index in [0.717, 1.165) is 24.2 Å². The molecule has 136 valence electrons. The molecular weight excluding hydrogens is 358 g/mol. The number of Topliss-reactive ketones (excluding diaryl/α,β-unsaturated/α-hetero) is 1. The number of ether oxygens (including phenoxy) is 1. The van der Waals surface area contributed by atoms with Crippen molar-refractivity contribution in [2.24, 2.45) is 23.7 Å². The van der Waals surface area contributed by atoms with Gasteiger partial charge in [0.25, 0.3) is 0 Å². The zero-order valence-electron chi connectivity index (χ0n) is 14.0. The van der Waals surface area contributed by atoms with E-state index in [-0.39, 0.29) is 41.3 Å². The number of rotatable bonds is 5. The smallest absolute Gasteiger partial charge is 0.326 e. The van der Waals surface area contributed by atoms with Crippen molar-refractivity contribution in [3.8, 4) is 0 Å². The molecule has 4 unspecified atom stereocenters. The lowest BCUT2D eigenvalue weighted by Gasteiger charge is -2.19. The van der Waals surface area contributed by atoms with Crippen molar-refractivity contribution >= 4 is 35.2 Å². The quantitative estimate of drug-likeness (QED) is 0.447. The van der Waals surface area contributed by atoms with E-state index < -0.39 is 19.1 Å². The minimum absolute atomic E-state index is 0.256. The standard InChI is InChI=1S/C19H18ClNO5/c20-13-5-3-10(4-6-13)14(22)9-26-15(23)8-21-18(24)16-11-1-2-12(7-11)17(16)19(21)25/h3-6,11-12,16-17H,1-2,7-9H2. The third-order valence-corrected chi connectivity index (χ3v) is 6.09. The minimum atomic E-state index is -0.749. The normalized spacial score (nSPS) is 29.2. The van der Waals surface area contributed by atoms with Gasteiger partial charge in [0.05, 0.1) is 11.8 Å².